The lowest BCUT2D eigenvalue weighted by molar-refractivity contribution is -0.00831. The third-order valence-corrected chi connectivity index (χ3v) is 5.89. The van der Waals surface area contributed by atoms with Crippen LogP contribution in [0.2, 0.25) is 0 Å². The Morgan fingerprint density at radius 3 is 2.77 bits per heavy atom. The predicted molar refractivity (Wildman–Crippen MR) is 134 cm³/mol. The third-order valence-electron chi connectivity index (χ3n) is 5.02. The van der Waals surface area contributed by atoms with Crippen molar-refractivity contribution in [3.8, 4) is 0 Å². The highest BCUT2D eigenvalue weighted by molar-refractivity contribution is 14.0. The number of ether oxygens (including phenoxy) is 1. The zero-order valence-electron chi connectivity index (χ0n) is 17.8. The van der Waals surface area contributed by atoms with Crippen molar-refractivity contribution < 1.29 is 9.53 Å². The Balaban J connectivity index is 0.00000320. The fourth-order valence-corrected chi connectivity index (χ4v) is 4.17. The first kappa shape index (κ1) is 24.6. The predicted octanol–water partition coefficient (Wildman–Crippen LogP) is 3.75. The molecule has 1 fully saturated rings. The van der Waals surface area contributed by atoms with Gasteiger partial charge in [-0.15, -0.1) is 35.3 Å². The standard InChI is InChI=1S/C22H30N4O2S.HI/c1-16-7-8-18(17(2)14-16)19-15-26(11-12-28-19)22(23-3)25-10-5-9-24-21(27)20-6-4-13-29-20;/h4,6-8,13-14,19H,5,9-12,15H2,1-3H3,(H,23,25)(H,24,27);1H. The first-order chi connectivity index (χ1) is 14.1. The van der Waals surface area contributed by atoms with Crippen LogP contribution in [0.5, 0.6) is 0 Å². The molecule has 2 heterocycles. The molecular weight excluding hydrogens is 511 g/mol. The molecule has 2 aromatic rings. The number of aliphatic imine (C=N–C) groups is 1. The number of rotatable bonds is 6. The van der Waals surface area contributed by atoms with Crippen LogP contribution in [-0.4, -0.2) is 56.6 Å². The Hall–Kier alpha value is -1.65. The number of morpholine rings is 1. The Morgan fingerprint density at radius 1 is 1.27 bits per heavy atom. The van der Waals surface area contributed by atoms with Gasteiger partial charge in [0.05, 0.1) is 18.0 Å². The molecule has 1 aromatic carbocycles. The van der Waals surface area contributed by atoms with Gasteiger partial charge in [-0.1, -0.05) is 29.8 Å². The second-order valence-corrected chi connectivity index (χ2v) is 8.17. The van der Waals surface area contributed by atoms with Gasteiger partial charge in [0.25, 0.3) is 5.91 Å². The molecule has 0 aliphatic carbocycles. The van der Waals surface area contributed by atoms with Crippen molar-refractivity contribution in [2.45, 2.75) is 26.4 Å². The van der Waals surface area contributed by atoms with Crippen LogP contribution in [0.4, 0.5) is 0 Å². The zero-order chi connectivity index (χ0) is 20.6. The maximum absolute atomic E-state index is 12.0. The second-order valence-electron chi connectivity index (χ2n) is 7.23. The average Bonchev–Trinajstić information content (AvgIpc) is 3.26. The first-order valence-electron chi connectivity index (χ1n) is 10.0. The lowest BCUT2D eigenvalue weighted by Gasteiger charge is -2.35. The Kier molecular flexibility index (Phi) is 10.1. The van der Waals surface area contributed by atoms with E-state index in [1.54, 1.807) is 0 Å². The fourth-order valence-electron chi connectivity index (χ4n) is 3.53. The number of amides is 1. The van der Waals surface area contributed by atoms with Crippen molar-refractivity contribution in [3.63, 3.8) is 0 Å². The van der Waals surface area contributed by atoms with Gasteiger partial charge in [-0.3, -0.25) is 9.79 Å². The van der Waals surface area contributed by atoms with E-state index in [4.69, 9.17) is 4.74 Å². The van der Waals surface area contributed by atoms with Crippen molar-refractivity contribution in [2.24, 2.45) is 4.99 Å². The van der Waals surface area contributed by atoms with E-state index in [2.05, 4.69) is 52.6 Å². The highest BCUT2D eigenvalue weighted by Crippen LogP contribution is 2.25. The van der Waals surface area contributed by atoms with Crippen LogP contribution >= 0.6 is 35.3 Å². The smallest absolute Gasteiger partial charge is 0.261 e. The van der Waals surface area contributed by atoms with E-state index in [0.717, 1.165) is 36.9 Å². The van der Waals surface area contributed by atoms with Gasteiger partial charge in [-0.25, -0.2) is 0 Å². The molecule has 2 N–H and O–H groups in total. The van der Waals surface area contributed by atoms with E-state index < -0.39 is 0 Å². The molecule has 0 bridgehead atoms. The van der Waals surface area contributed by atoms with Crippen molar-refractivity contribution in [1.29, 1.82) is 0 Å². The summed E-state index contributed by atoms with van der Waals surface area (Å²) >= 11 is 1.46. The van der Waals surface area contributed by atoms with Crippen LogP contribution < -0.4 is 10.6 Å². The monoisotopic (exact) mass is 542 g/mol. The Labute approximate surface area is 200 Å². The average molecular weight is 542 g/mol. The summed E-state index contributed by atoms with van der Waals surface area (Å²) in [7, 11) is 1.81. The van der Waals surface area contributed by atoms with Crippen LogP contribution in [0.1, 0.15) is 38.9 Å². The van der Waals surface area contributed by atoms with Gasteiger partial charge in [0.2, 0.25) is 0 Å². The van der Waals surface area contributed by atoms with E-state index in [0.29, 0.717) is 13.2 Å². The quantitative estimate of drug-likeness (QED) is 0.253. The topological polar surface area (TPSA) is 66.0 Å². The lowest BCUT2D eigenvalue weighted by Crippen LogP contribution is -2.48. The first-order valence-corrected chi connectivity index (χ1v) is 10.9. The molecule has 8 heteroatoms. The van der Waals surface area contributed by atoms with E-state index >= 15 is 0 Å². The van der Waals surface area contributed by atoms with Gasteiger partial charge in [0.15, 0.2) is 5.96 Å². The molecule has 0 spiro atoms. The zero-order valence-corrected chi connectivity index (χ0v) is 21.0. The van der Waals surface area contributed by atoms with Crippen LogP contribution in [0.25, 0.3) is 0 Å². The molecule has 1 unspecified atom stereocenters. The van der Waals surface area contributed by atoms with Gasteiger partial charge in [0, 0.05) is 26.7 Å². The number of carbonyl (C=O) groups is 1. The maximum Gasteiger partial charge on any atom is 0.261 e. The van der Waals surface area contributed by atoms with Gasteiger partial charge in [-0.2, -0.15) is 0 Å². The third kappa shape index (κ3) is 6.68. The number of carbonyl (C=O) groups excluding carboxylic acids is 1. The number of guanidine groups is 1. The summed E-state index contributed by atoms with van der Waals surface area (Å²) in [4.78, 5) is 19.4. The summed E-state index contributed by atoms with van der Waals surface area (Å²) in [5.41, 5.74) is 3.77. The molecule has 1 aliphatic heterocycles. The van der Waals surface area contributed by atoms with Crippen LogP contribution in [0.15, 0.2) is 40.7 Å². The molecule has 1 aliphatic rings. The molecule has 1 aromatic heterocycles. The van der Waals surface area contributed by atoms with Crippen LogP contribution in [0.3, 0.4) is 0 Å². The molecule has 0 saturated carbocycles. The van der Waals surface area contributed by atoms with Gasteiger partial charge in [0.1, 0.15) is 6.10 Å². The van der Waals surface area contributed by atoms with Crippen LogP contribution in [0, 0.1) is 13.8 Å². The van der Waals surface area contributed by atoms with Crippen molar-refractivity contribution in [2.75, 3.05) is 39.8 Å². The normalized spacial score (nSPS) is 16.7. The number of nitrogens with zero attached hydrogens (tertiary/aromatic N) is 2. The largest absolute Gasteiger partial charge is 0.370 e. The summed E-state index contributed by atoms with van der Waals surface area (Å²) in [5, 5.41) is 8.28. The summed E-state index contributed by atoms with van der Waals surface area (Å²) in [6, 6.07) is 10.2. The van der Waals surface area contributed by atoms with Crippen molar-refractivity contribution in [1.82, 2.24) is 15.5 Å². The Morgan fingerprint density at radius 2 is 2.07 bits per heavy atom. The van der Waals surface area contributed by atoms with Crippen LogP contribution in [-0.2, 0) is 4.74 Å². The van der Waals surface area contributed by atoms with Crippen molar-refractivity contribution >= 4 is 47.2 Å². The number of thiophene rings is 1. The van der Waals surface area contributed by atoms with E-state index in [9.17, 15) is 4.79 Å². The molecule has 30 heavy (non-hydrogen) atoms. The van der Waals surface area contributed by atoms with E-state index in [1.165, 1.54) is 28.0 Å². The maximum atomic E-state index is 12.0. The molecule has 1 saturated heterocycles. The summed E-state index contributed by atoms with van der Waals surface area (Å²) in [5.74, 6) is 0.876. The van der Waals surface area contributed by atoms with E-state index in [1.807, 2.05) is 24.6 Å². The summed E-state index contributed by atoms with van der Waals surface area (Å²) < 4.78 is 6.04. The number of hydrogen-bond acceptors (Lipinski definition) is 4. The van der Waals surface area contributed by atoms with E-state index in [-0.39, 0.29) is 36.0 Å². The number of aryl methyl sites for hydroxylation is 2. The minimum Gasteiger partial charge on any atom is -0.370 e. The fraction of sp³-hybridized carbons (Fsp3) is 0.455. The lowest BCUT2D eigenvalue weighted by atomic mass is 10.00. The molecule has 1 amide bonds. The number of halogens is 1. The molecule has 6 nitrogen and oxygen atoms in total. The molecule has 164 valence electrons. The Bertz CT molecular complexity index is 842. The minimum atomic E-state index is -0.00568. The number of hydrogen-bond donors (Lipinski definition) is 2. The summed E-state index contributed by atoms with van der Waals surface area (Å²) in [6.45, 7) is 7.91. The minimum absolute atomic E-state index is 0. The van der Waals surface area contributed by atoms with Crippen molar-refractivity contribution in [3.05, 3.63) is 57.3 Å². The highest BCUT2D eigenvalue weighted by Gasteiger charge is 2.25. The molecular formula is C22H31IN4O2S. The van der Waals surface area contributed by atoms with Gasteiger partial charge >= 0.3 is 0 Å². The SMILES string of the molecule is CN=C(NCCCNC(=O)c1cccs1)N1CCOC(c2ccc(C)cc2C)C1.I. The van der Waals surface area contributed by atoms with Gasteiger partial charge < -0.3 is 20.3 Å². The molecule has 1 atom stereocenters. The number of nitrogens with one attached hydrogen (secondary N) is 2. The molecule has 3 rings (SSSR count). The van der Waals surface area contributed by atoms with Gasteiger partial charge in [-0.05, 0) is 42.8 Å². The highest BCUT2D eigenvalue weighted by atomic mass is 127. The number of benzene rings is 1. The molecule has 0 radical (unpaired) electrons. The summed E-state index contributed by atoms with van der Waals surface area (Å²) in [6.07, 6.45) is 0.883. The second kappa shape index (κ2) is 12.3.